The van der Waals surface area contributed by atoms with Gasteiger partial charge in [0.1, 0.15) is 16.5 Å². The second-order valence-corrected chi connectivity index (χ2v) is 4.26. The van der Waals surface area contributed by atoms with E-state index in [1.165, 1.54) is 6.07 Å². The monoisotopic (exact) mass is 272 g/mol. The Morgan fingerprint density at radius 3 is 2.50 bits per heavy atom. The molecule has 0 aliphatic heterocycles. The molecule has 20 heavy (non-hydrogen) atoms. The van der Waals surface area contributed by atoms with E-state index in [1.807, 2.05) is 0 Å². The second-order valence-electron chi connectivity index (χ2n) is 4.26. The van der Waals surface area contributed by atoms with Gasteiger partial charge in [0.05, 0.1) is 5.39 Å². The number of hydrogen-bond acceptors (Lipinski definition) is 6. The van der Waals surface area contributed by atoms with Crippen molar-refractivity contribution in [2.45, 2.75) is 6.92 Å². The molecule has 2 aromatic heterocycles. The molecule has 0 spiro atoms. The van der Waals surface area contributed by atoms with Crippen molar-refractivity contribution in [2.24, 2.45) is 0 Å². The minimum absolute atomic E-state index is 0.0932. The number of carbonyl (C=O) groups is 1. The Balaban J connectivity index is 2.68. The van der Waals surface area contributed by atoms with E-state index in [4.69, 9.17) is 8.83 Å². The van der Waals surface area contributed by atoms with Crippen LogP contribution in [0.1, 0.15) is 17.3 Å². The highest BCUT2D eigenvalue weighted by Crippen LogP contribution is 2.29. The topological polar surface area (TPSA) is 97.7 Å². The van der Waals surface area contributed by atoms with Crippen LogP contribution in [0.3, 0.4) is 0 Å². The van der Waals surface area contributed by atoms with E-state index < -0.39 is 28.3 Å². The average Bonchev–Trinajstić information content (AvgIpc) is 2.37. The summed E-state index contributed by atoms with van der Waals surface area (Å²) in [7, 11) is 0. The zero-order valence-corrected chi connectivity index (χ0v) is 10.3. The van der Waals surface area contributed by atoms with Crippen LogP contribution in [-0.2, 0) is 0 Å². The second kappa shape index (κ2) is 4.06. The molecule has 0 fully saturated rings. The zero-order chi connectivity index (χ0) is 14.4. The molecule has 0 radical (unpaired) electrons. The maximum atomic E-state index is 11.9. The molecule has 1 aromatic carbocycles. The number of fused-ring (bicyclic) bond motifs is 3. The standard InChI is InChI=1S/C14H8O6/c1-6(15)9-11(16)10-12(20-13(9)17)7-4-2-3-5-8(7)19-14(10)18/h2-5,16H,1H3. The molecule has 0 bridgehead atoms. The molecular weight excluding hydrogens is 264 g/mol. The fourth-order valence-electron chi connectivity index (χ4n) is 2.11. The predicted molar refractivity (Wildman–Crippen MR) is 70.2 cm³/mol. The quantitative estimate of drug-likeness (QED) is 0.412. The smallest absolute Gasteiger partial charge is 0.351 e. The summed E-state index contributed by atoms with van der Waals surface area (Å²) in [6.07, 6.45) is 0. The molecule has 0 saturated heterocycles. The molecule has 6 nitrogen and oxygen atoms in total. The number of Topliss-reactive ketones (excluding diaryl/α,β-unsaturated/α-hetero) is 1. The summed E-state index contributed by atoms with van der Waals surface area (Å²) in [5, 5.41) is 10.1. The summed E-state index contributed by atoms with van der Waals surface area (Å²) >= 11 is 0. The van der Waals surface area contributed by atoms with Gasteiger partial charge in [-0.1, -0.05) is 12.1 Å². The fourth-order valence-corrected chi connectivity index (χ4v) is 2.11. The molecular formula is C14H8O6. The lowest BCUT2D eigenvalue weighted by Crippen LogP contribution is -2.14. The van der Waals surface area contributed by atoms with Crippen LogP contribution in [0.15, 0.2) is 42.7 Å². The molecule has 0 aliphatic carbocycles. The summed E-state index contributed by atoms with van der Waals surface area (Å²) in [4.78, 5) is 35.0. The molecule has 0 amide bonds. The Morgan fingerprint density at radius 1 is 1.10 bits per heavy atom. The van der Waals surface area contributed by atoms with Gasteiger partial charge in [-0.15, -0.1) is 0 Å². The van der Waals surface area contributed by atoms with Gasteiger partial charge in [0.25, 0.3) is 0 Å². The molecule has 1 N–H and O–H groups in total. The van der Waals surface area contributed by atoms with Gasteiger partial charge in [-0.3, -0.25) is 4.79 Å². The van der Waals surface area contributed by atoms with Crippen LogP contribution in [-0.4, -0.2) is 10.9 Å². The summed E-state index contributed by atoms with van der Waals surface area (Å²) in [6, 6.07) is 6.43. The average molecular weight is 272 g/mol. The van der Waals surface area contributed by atoms with Crippen LogP contribution in [0.5, 0.6) is 5.75 Å². The van der Waals surface area contributed by atoms with Crippen molar-refractivity contribution in [2.75, 3.05) is 0 Å². The van der Waals surface area contributed by atoms with E-state index in [0.717, 1.165) is 6.92 Å². The van der Waals surface area contributed by atoms with Crippen LogP contribution < -0.4 is 11.3 Å². The van der Waals surface area contributed by atoms with Crippen molar-refractivity contribution in [3.05, 3.63) is 50.7 Å². The lowest BCUT2D eigenvalue weighted by atomic mass is 10.1. The molecule has 6 heteroatoms. The van der Waals surface area contributed by atoms with Crippen LogP contribution >= 0.6 is 0 Å². The molecule has 100 valence electrons. The zero-order valence-electron chi connectivity index (χ0n) is 10.3. The third-order valence-electron chi connectivity index (χ3n) is 2.99. The van der Waals surface area contributed by atoms with E-state index in [0.29, 0.717) is 5.39 Å². The van der Waals surface area contributed by atoms with Crippen LogP contribution in [0.4, 0.5) is 0 Å². The Hall–Kier alpha value is -2.89. The minimum Gasteiger partial charge on any atom is -0.506 e. The van der Waals surface area contributed by atoms with Gasteiger partial charge >= 0.3 is 11.3 Å². The third-order valence-corrected chi connectivity index (χ3v) is 2.99. The first-order valence-electron chi connectivity index (χ1n) is 5.73. The Kier molecular flexibility index (Phi) is 2.47. The number of rotatable bonds is 1. The number of aromatic hydroxyl groups is 1. The molecule has 3 aromatic rings. The Bertz CT molecular complexity index is 977. The number of ketones is 1. The summed E-state index contributed by atoms with van der Waals surface area (Å²) < 4.78 is 10.1. The molecule has 0 saturated carbocycles. The van der Waals surface area contributed by atoms with E-state index in [1.54, 1.807) is 18.2 Å². The van der Waals surface area contributed by atoms with E-state index >= 15 is 0 Å². The van der Waals surface area contributed by atoms with Gasteiger partial charge in [-0.05, 0) is 19.1 Å². The number of benzene rings is 1. The van der Waals surface area contributed by atoms with Gasteiger partial charge in [0, 0.05) is 0 Å². The summed E-state index contributed by atoms with van der Waals surface area (Å²) in [5.41, 5.74) is -2.28. The SMILES string of the molecule is CC(=O)c1c(O)c2c(=O)oc3ccccc3c2oc1=O. The Morgan fingerprint density at radius 2 is 1.80 bits per heavy atom. The van der Waals surface area contributed by atoms with Gasteiger partial charge < -0.3 is 13.9 Å². The van der Waals surface area contributed by atoms with Gasteiger partial charge in [-0.25, -0.2) is 9.59 Å². The Labute approximate surface area is 110 Å². The molecule has 0 unspecified atom stereocenters. The van der Waals surface area contributed by atoms with Crippen molar-refractivity contribution >= 4 is 27.7 Å². The van der Waals surface area contributed by atoms with Crippen molar-refractivity contribution in [1.29, 1.82) is 0 Å². The lowest BCUT2D eigenvalue weighted by Gasteiger charge is -2.04. The lowest BCUT2D eigenvalue weighted by molar-refractivity contribution is 0.101. The van der Waals surface area contributed by atoms with Gasteiger partial charge in [-0.2, -0.15) is 0 Å². The highest BCUT2D eigenvalue weighted by molar-refractivity contribution is 6.07. The molecule has 3 rings (SSSR count). The predicted octanol–water partition coefficient (Wildman–Crippen LogP) is 1.81. The van der Waals surface area contributed by atoms with Crippen LogP contribution in [0.25, 0.3) is 21.9 Å². The van der Waals surface area contributed by atoms with E-state index in [-0.39, 0.29) is 16.6 Å². The van der Waals surface area contributed by atoms with Crippen molar-refractivity contribution in [1.82, 2.24) is 0 Å². The maximum Gasteiger partial charge on any atom is 0.351 e. The summed E-state index contributed by atoms with van der Waals surface area (Å²) in [5.74, 6) is -1.39. The summed E-state index contributed by atoms with van der Waals surface area (Å²) in [6.45, 7) is 1.10. The number of hydrogen-bond donors (Lipinski definition) is 1. The molecule has 0 aliphatic rings. The van der Waals surface area contributed by atoms with Crippen LogP contribution in [0, 0.1) is 0 Å². The molecule has 2 heterocycles. The normalized spacial score (nSPS) is 11.1. The first-order valence-corrected chi connectivity index (χ1v) is 5.73. The van der Waals surface area contributed by atoms with E-state index in [9.17, 15) is 19.5 Å². The van der Waals surface area contributed by atoms with Crippen molar-refractivity contribution in [3.63, 3.8) is 0 Å². The van der Waals surface area contributed by atoms with Crippen molar-refractivity contribution in [3.8, 4) is 5.75 Å². The number of para-hydroxylation sites is 1. The first kappa shape index (κ1) is 12.2. The van der Waals surface area contributed by atoms with Gasteiger partial charge in [0.2, 0.25) is 0 Å². The number of carbonyl (C=O) groups excluding carboxylic acids is 1. The van der Waals surface area contributed by atoms with Crippen molar-refractivity contribution < 1.29 is 18.7 Å². The van der Waals surface area contributed by atoms with E-state index in [2.05, 4.69) is 0 Å². The van der Waals surface area contributed by atoms with Crippen LogP contribution in [0.2, 0.25) is 0 Å². The van der Waals surface area contributed by atoms with Gasteiger partial charge in [0.15, 0.2) is 17.1 Å². The fraction of sp³-hybridized carbons (Fsp3) is 0.0714. The highest BCUT2D eigenvalue weighted by Gasteiger charge is 2.22. The third kappa shape index (κ3) is 1.55. The maximum absolute atomic E-state index is 11.9. The molecule has 0 atom stereocenters. The largest absolute Gasteiger partial charge is 0.506 e. The highest BCUT2D eigenvalue weighted by atomic mass is 16.4. The first-order chi connectivity index (χ1) is 9.50. The minimum atomic E-state index is -0.988.